The summed E-state index contributed by atoms with van der Waals surface area (Å²) >= 11 is 0. The van der Waals surface area contributed by atoms with Gasteiger partial charge in [-0.2, -0.15) is 0 Å². The number of aliphatic hydroxyl groups is 1. The van der Waals surface area contributed by atoms with Crippen molar-refractivity contribution in [3.63, 3.8) is 0 Å². The van der Waals surface area contributed by atoms with Gasteiger partial charge in [-0.1, -0.05) is 37.3 Å². The SMILES string of the molecule is CC(C)NC(=O)N(C)C[C@H]1Oc2ccc(NC(=O)Cc3ccccc3)cc2CC(=O)N([C@H](C)CO)C[C@H]1C. The van der Waals surface area contributed by atoms with Crippen molar-refractivity contribution in [2.24, 2.45) is 5.92 Å². The first-order chi connectivity index (χ1) is 18.1. The topological polar surface area (TPSA) is 111 Å². The Morgan fingerprint density at radius 1 is 1.16 bits per heavy atom. The minimum Gasteiger partial charge on any atom is -0.488 e. The normalized spacial score (nSPS) is 18.4. The van der Waals surface area contributed by atoms with E-state index in [0.29, 0.717) is 30.1 Å². The average molecular weight is 525 g/mol. The molecule has 4 amide bonds. The predicted octanol–water partition coefficient (Wildman–Crippen LogP) is 3.07. The third-order valence-corrected chi connectivity index (χ3v) is 6.62. The number of nitrogens with one attached hydrogen (secondary N) is 2. The minimum atomic E-state index is -0.408. The number of urea groups is 1. The van der Waals surface area contributed by atoms with Crippen molar-refractivity contribution in [2.45, 2.75) is 58.7 Å². The van der Waals surface area contributed by atoms with Crippen molar-refractivity contribution < 1.29 is 24.2 Å². The fraction of sp³-hybridized carbons (Fsp3) is 0.483. The van der Waals surface area contributed by atoms with Gasteiger partial charge in [0.25, 0.3) is 0 Å². The van der Waals surface area contributed by atoms with Gasteiger partial charge in [-0.15, -0.1) is 0 Å². The Morgan fingerprint density at radius 2 is 1.87 bits per heavy atom. The summed E-state index contributed by atoms with van der Waals surface area (Å²) in [5.41, 5.74) is 2.11. The van der Waals surface area contributed by atoms with E-state index in [-0.39, 0.29) is 55.3 Å². The van der Waals surface area contributed by atoms with Crippen LogP contribution in [-0.2, 0) is 22.4 Å². The molecule has 9 nitrogen and oxygen atoms in total. The second-order valence-electron chi connectivity index (χ2n) is 10.4. The van der Waals surface area contributed by atoms with Crippen molar-refractivity contribution >= 4 is 23.5 Å². The van der Waals surface area contributed by atoms with Crippen LogP contribution in [0.5, 0.6) is 5.75 Å². The van der Waals surface area contributed by atoms with E-state index in [0.717, 1.165) is 5.56 Å². The second-order valence-corrected chi connectivity index (χ2v) is 10.4. The first-order valence-corrected chi connectivity index (χ1v) is 13.1. The van der Waals surface area contributed by atoms with Crippen LogP contribution in [0.25, 0.3) is 0 Å². The van der Waals surface area contributed by atoms with E-state index in [1.165, 1.54) is 0 Å². The quantitative estimate of drug-likeness (QED) is 0.492. The zero-order chi connectivity index (χ0) is 27.8. The first kappa shape index (κ1) is 29.0. The molecule has 2 aromatic carbocycles. The first-order valence-electron chi connectivity index (χ1n) is 13.1. The third kappa shape index (κ3) is 7.95. The molecule has 9 heteroatoms. The van der Waals surface area contributed by atoms with E-state index in [2.05, 4.69) is 10.6 Å². The van der Waals surface area contributed by atoms with Crippen LogP contribution < -0.4 is 15.4 Å². The average Bonchev–Trinajstić information content (AvgIpc) is 2.91. The van der Waals surface area contributed by atoms with E-state index < -0.39 is 6.10 Å². The van der Waals surface area contributed by atoms with Gasteiger partial charge in [0, 0.05) is 36.8 Å². The molecule has 0 fully saturated rings. The third-order valence-electron chi connectivity index (χ3n) is 6.62. The molecule has 0 radical (unpaired) electrons. The summed E-state index contributed by atoms with van der Waals surface area (Å²) in [6.07, 6.45) is -0.112. The number of rotatable bonds is 8. The largest absolute Gasteiger partial charge is 0.488 e. The number of nitrogens with zero attached hydrogens (tertiary/aromatic N) is 2. The van der Waals surface area contributed by atoms with Crippen molar-refractivity contribution in [3.05, 3.63) is 59.7 Å². The summed E-state index contributed by atoms with van der Waals surface area (Å²) in [5.74, 6) is 0.111. The van der Waals surface area contributed by atoms with Crippen molar-refractivity contribution in [1.82, 2.24) is 15.1 Å². The minimum absolute atomic E-state index is 0.00131. The van der Waals surface area contributed by atoms with Crippen LogP contribution in [0, 0.1) is 5.92 Å². The van der Waals surface area contributed by atoms with E-state index in [9.17, 15) is 19.5 Å². The van der Waals surface area contributed by atoms with Gasteiger partial charge >= 0.3 is 6.03 Å². The number of ether oxygens (including phenoxy) is 1. The molecule has 0 unspecified atom stereocenters. The number of amides is 4. The molecule has 2 aromatic rings. The highest BCUT2D eigenvalue weighted by Crippen LogP contribution is 2.29. The number of fused-ring (bicyclic) bond motifs is 1. The molecule has 206 valence electrons. The van der Waals surface area contributed by atoms with Crippen molar-refractivity contribution in [1.29, 1.82) is 0 Å². The number of carbonyl (C=O) groups excluding carboxylic acids is 3. The summed E-state index contributed by atoms with van der Waals surface area (Å²) in [5, 5.41) is 15.6. The van der Waals surface area contributed by atoms with Gasteiger partial charge in [0.15, 0.2) is 0 Å². The molecule has 1 heterocycles. The molecule has 38 heavy (non-hydrogen) atoms. The number of aliphatic hydroxyl groups excluding tert-OH is 1. The molecular formula is C29H40N4O5. The molecule has 0 aliphatic carbocycles. The van der Waals surface area contributed by atoms with Crippen LogP contribution in [0.15, 0.2) is 48.5 Å². The molecular weight excluding hydrogens is 484 g/mol. The molecule has 1 aliphatic rings. The summed E-state index contributed by atoms with van der Waals surface area (Å²) in [7, 11) is 1.71. The number of benzene rings is 2. The molecule has 0 saturated carbocycles. The Labute approximate surface area is 225 Å². The molecule has 3 N–H and O–H groups in total. The van der Waals surface area contributed by atoms with E-state index in [1.807, 2.05) is 58.0 Å². The molecule has 3 rings (SSSR count). The summed E-state index contributed by atoms with van der Waals surface area (Å²) < 4.78 is 6.44. The number of anilines is 1. The van der Waals surface area contributed by atoms with Crippen molar-refractivity contribution in [2.75, 3.05) is 32.1 Å². The molecule has 3 atom stereocenters. The summed E-state index contributed by atoms with van der Waals surface area (Å²) in [6.45, 7) is 8.11. The maximum absolute atomic E-state index is 13.4. The fourth-order valence-electron chi connectivity index (χ4n) is 4.42. The number of hydrogen-bond acceptors (Lipinski definition) is 5. The lowest BCUT2D eigenvalue weighted by molar-refractivity contribution is -0.134. The van der Waals surface area contributed by atoms with Crippen LogP contribution in [0.2, 0.25) is 0 Å². The zero-order valence-electron chi connectivity index (χ0n) is 22.9. The van der Waals surface area contributed by atoms with E-state index in [4.69, 9.17) is 4.74 Å². The van der Waals surface area contributed by atoms with Gasteiger partial charge < -0.3 is 30.3 Å². The molecule has 0 spiro atoms. The highest BCUT2D eigenvalue weighted by Gasteiger charge is 2.32. The predicted molar refractivity (Wildman–Crippen MR) is 147 cm³/mol. The summed E-state index contributed by atoms with van der Waals surface area (Å²) in [4.78, 5) is 41.8. The van der Waals surface area contributed by atoms with Gasteiger partial charge in [0.05, 0.1) is 32.0 Å². The van der Waals surface area contributed by atoms with Gasteiger partial charge in [0.1, 0.15) is 11.9 Å². The maximum atomic E-state index is 13.4. The van der Waals surface area contributed by atoms with Crippen LogP contribution in [-0.4, -0.2) is 77.7 Å². The zero-order valence-corrected chi connectivity index (χ0v) is 22.9. The second kappa shape index (κ2) is 13.3. The van der Waals surface area contributed by atoms with Crippen LogP contribution in [0.1, 0.15) is 38.8 Å². The number of hydrogen-bond donors (Lipinski definition) is 3. The Hall–Kier alpha value is -3.59. The lowest BCUT2D eigenvalue weighted by Crippen LogP contribution is -2.49. The Morgan fingerprint density at radius 3 is 2.53 bits per heavy atom. The van der Waals surface area contributed by atoms with Crippen LogP contribution >= 0.6 is 0 Å². The number of likely N-dealkylation sites (N-methyl/N-ethyl adjacent to an activating group) is 1. The maximum Gasteiger partial charge on any atom is 0.317 e. The van der Waals surface area contributed by atoms with Gasteiger partial charge in [0.2, 0.25) is 11.8 Å². The Bertz CT molecular complexity index is 1110. The standard InChI is InChI=1S/C29H40N4O5/c1-19(2)30-29(37)32(5)17-26-20(3)16-33(21(4)18-34)28(36)15-23-14-24(11-12-25(23)38-26)31-27(35)13-22-9-7-6-8-10-22/h6-12,14,19-21,26,34H,13,15-18H2,1-5H3,(H,30,37)(H,31,35)/t20-,21-,26-/m1/s1. The Balaban J connectivity index is 1.87. The van der Waals surface area contributed by atoms with Crippen LogP contribution in [0.4, 0.5) is 10.5 Å². The highest BCUT2D eigenvalue weighted by atomic mass is 16.5. The Kier molecular flexibility index (Phi) is 10.1. The monoisotopic (exact) mass is 524 g/mol. The molecule has 0 aromatic heterocycles. The molecule has 0 saturated heterocycles. The lowest BCUT2D eigenvalue weighted by atomic mass is 10.0. The lowest BCUT2D eigenvalue weighted by Gasteiger charge is -2.34. The van der Waals surface area contributed by atoms with Crippen molar-refractivity contribution in [3.8, 4) is 5.75 Å². The fourth-order valence-corrected chi connectivity index (χ4v) is 4.42. The number of carbonyl (C=O) groups is 3. The van der Waals surface area contributed by atoms with Crippen LogP contribution in [0.3, 0.4) is 0 Å². The summed E-state index contributed by atoms with van der Waals surface area (Å²) in [6, 6.07) is 14.2. The van der Waals surface area contributed by atoms with Gasteiger partial charge in [-0.05, 0) is 44.5 Å². The highest BCUT2D eigenvalue weighted by molar-refractivity contribution is 5.92. The van der Waals surface area contributed by atoms with E-state index >= 15 is 0 Å². The molecule has 0 bridgehead atoms. The van der Waals surface area contributed by atoms with Gasteiger partial charge in [-0.25, -0.2) is 4.79 Å². The molecule has 1 aliphatic heterocycles. The smallest absolute Gasteiger partial charge is 0.317 e. The van der Waals surface area contributed by atoms with E-state index in [1.54, 1.807) is 35.0 Å². The van der Waals surface area contributed by atoms with Gasteiger partial charge in [-0.3, -0.25) is 9.59 Å².